The number of nitrogens with zero attached hydrogens (tertiary/aromatic N) is 1. The van der Waals surface area contributed by atoms with Gasteiger partial charge in [0.1, 0.15) is 16.5 Å². The van der Waals surface area contributed by atoms with Crippen molar-refractivity contribution in [2.75, 3.05) is 19.0 Å². The highest BCUT2D eigenvalue weighted by atomic mass is 35.5. The number of aliphatic hydroxyl groups is 1. The Morgan fingerprint density at radius 1 is 1.27 bits per heavy atom. The van der Waals surface area contributed by atoms with Crippen LogP contribution in [0.5, 0.6) is 17.2 Å². The molecule has 2 aromatic carbocycles. The van der Waals surface area contributed by atoms with E-state index in [2.05, 4.69) is 15.6 Å². The maximum atomic E-state index is 14.9. The predicted octanol–water partition coefficient (Wildman–Crippen LogP) is 3.57. The van der Waals surface area contributed by atoms with Crippen molar-refractivity contribution >= 4 is 40.1 Å². The largest absolute Gasteiger partial charge is 0.496 e. The second kappa shape index (κ2) is 9.84. The molecule has 0 saturated heterocycles. The van der Waals surface area contributed by atoms with Crippen LogP contribution in [0, 0.1) is 11.6 Å². The van der Waals surface area contributed by atoms with Crippen molar-refractivity contribution in [3.63, 3.8) is 0 Å². The highest BCUT2D eigenvalue weighted by molar-refractivity contribution is 6.34. The minimum atomic E-state index is -1.27. The molecule has 0 fully saturated rings. The molecule has 3 amide bonds. The molecule has 3 rings (SSSR count). The van der Waals surface area contributed by atoms with E-state index in [0.717, 1.165) is 6.07 Å². The van der Waals surface area contributed by atoms with Crippen LogP contribution in [0.4, 0.5) is 19.3 Å². The van der Waals surface area contributed by atoms with Gasteiger partial charge in [-0.25, -0.2) is 13.6 Å². The molecule has 1 heterocycles. The fraction of sp³-hybridized carbons (Fsp3) is 0.190. The molecule has 174 valence electrons. The lowest BCUT2D eigenvalue weighted by Gasteiger charge is -2.15. The third kappa shape index (κ3) is 5.21. The number of amides is 3. The average molecular weight is 481 g/mol. The van der Waals surface area contributed by atoms with Crippen LogP contribution in [-0.2, 0) is 0 Å². The summed E-state index contributed by atoms with van der Waals surface area (Å²) in [5, 5.41) is 13.3. The molecule has 3 aromatic rings. The number of primary amides is 1. The molecule has 0 radical (unpaired) electrons. The highest BCUT2D eigenvalue weighted by Crippen LogP contribution is 2.39. The van der Waals surface area contributed by atoms with Crippen LogP contribution in [0.3, 0.4) is 0 Å². The molecular weight excluding hydrogens is 462 g/mol. The number of aliphatic hydroxyl groups excluding tert-OH is 1. The topological polar surface area (TPSA) is 136 Å². The van der Waals surface area contributed by atoms with E-state index in [1.807, 2.05) is 0 Å². The smallest absolute Gasteiger partial charge is 0.319 e. The Labute approximate surface area is 191 Å². The summed E-state index contributed by atoms with van der Waals surface area (Å²) in [5.41, 5.74) is 5.36. The van der Waals surface area contributed by atoms with Crippen molar-refractivity contribution in [1.29, 1.82) is 0 Å². The van der Waals surface area contributed by atoms with E-state index in [-0.39, 0.29) is 34.7 Å². The number of carbonyl (C=O) groups excluding carboxylic acids is 2. The first kappa shape index (κ1) is 24.0. The first-order valence-electron chi connectivity index (χ1n) is 9.47. The Hall–Kier alpha value is -3.70. The van der Waals surface area contributed by atoms with Crippen molar-refractivity contribution in [2.24, 2.45) is 5.73 Å². The maximum absolute atomic E-state index is 14.9. The summed E-state index contributed by atoms with van der Waals surface area (Å²) in [5.74, 6) is -3.90. The second-order valence-electron chi connectivity index (χ2n) is 6.89. The summed E-state index contributed by atoms with van der Waals surface area (Å²) in [6.45, 7) is 1.37. The predicted molar refractivity (Wildman–Crippen MR) is 117 cm³/mol. The van der Waals surface area contributed by atoms with Gasteiger partial charge in [-0.2, -0.15) is 0 Å². The van der Waals surface area contributed by atoms with E-state index < -0.39 is 40.4 Å². The van der Waals surface area contributed by atoms with Crippen molar-refractivity contribution in [1.82, 2.24) is 10.3 Å². The summed E-state index contributed by atoms with van der Waals surface area (Å²) < 4.78 is 40.2. The van der Waals surface area contributed by atoms with Gasteiger partial charge in [0.05, 0.1) is 30.0 Å². The molecule has 0 spiro atoms. The SMILES string of the molecule is COc1cc2nccc(Oc3c(F)cc(NC(=O)NC[C@H](C)O)c(Cl)c3F)c2cc1C(N)=O. The lowest BCUT2D eigenvalue weighted by atomic mass is 10.1. The van der Waals surface area contributed by atoms with Gasteiger partial charge in [-0.1, -0.05) is 11.6 Å². The number of nitrogens with one attached hydrogen (secondary N) is 2. The monoisotopic (exact) mass is 480 g/mol. The van der Waals surface area contributed by atoms with E-state index >= 15 is 0 Å². The van der Waals surface area contributed by atoms with E-state index in [0.29, 0.717) is 5.52 Å². The third-order valence-electron chi connectivity index (χ3n) is 4.42. The van der Waals surface area contributed by atoms with Gasteiger partial charge >= 0.3 is 6.03 Å². The number of carbonyl (C=O) groups is 2. The molecule has 0 unspecified atom stereocenters. The number of aromatic nitrogens is 1. The lowest BCUT2D eigenvalue weighted by molar-refractivity contribution is 0.0997. The molecule has 9 nitrogen and oxygen atoms in total. The average Bonchev–Trinajstić information content (AvgIpc) is 2.77. The Bertz CT molecular complexity index is 1240. The van der Waals surface area contributed by atoms with E-state index in [1.165, 1.54) is 38.4 Å². The first-order valence-corrected chi connectivity index (χ1v) is 9.85. The molecule has 0 bridgehead atoms. The number of methoxy groups -OCH3 is 1. The number of ether oxygens (including phenoxy) is 2. The second-order valence-corrected chi connectivity index (χ2v) is 7.27. The van der Waals surface area contributed by atoms with Gasteiger partial charge in [-0.15, -0.1) is 0 Å². The Morgan fingerprint density at radius 3 is 2.64 bits per heavy atom. The van der Waals surface area contributed by atoms with Crippen LogP contribution in [0.15, 0.2) is 30.5 Å². The number of pyridine rings is 1. The molecule has 5 N–H and O–H groups in total. The van der Waals surface area contributed by atoms with Gasteiger partial charge in [-0.05, 0) is 19.1 Å². The zero-order valence-corrected chi connectivity index (χ0v) is 18.2. The van der Waals surface area contributed by atoms with Crippen LogP contribution >= 0.6 is 11.6 Å². The summed E-state index contributed by atoms with van der Waals surface area (Å²) in [4.78, 5) is 27.7. The zero-order chi connectivity index (χ0) is 24.3. The van der Waals surface area contributed by atoms with E-state index in [1.54, 1.807) is 0 Å². The van der Waals surface area contributed by atoms with Gasteiger partial charge in [0.25, 0.3) is 5.91 Å². The van der Waals surface area contributed by atoms with Crippen molar-refractivity contribution < 1.29 is 33.0 Å². The Balaban J connectivity index is 1.98. The molecule has 0 aliphatic heterocycles. The fourth-order valence-electron chi connectivity index (χ4n) is 2.88. The number of urea groups is 1. The minimum absolute atomic E-state index is 0.0181. The fourth-order valence-corrected chi connectivity index (χ4v) is 3.07. The maximum Gasteiger partial charge on any atom is 0.319 e. The van der Waals surface area contributed by atoms with Crippen LogP contribution in [0.25, 0.3) is 10.9 Å². The number of anilines is 1. The standard InChI is InChI=1S/C21H19ClF2N4O5/c1-9(29)8-27-21(31)28-14-6-12(23)19(18(24)17(14)22)33-15-3-4-26-13-7-16(32-2)11(20(25)30)5-10(13)15/h3-7,9,29H,8H2,1-2H3,(H2,25,30)(H2,27,28,31)/t9-/m0/s1. The van der Waals surface area contributed by atoms with Crippen molar-refractivity contribution in [3.05, 3.63) is 52.7 Å². The normalized spacial score (nSPS) is 11.7. The first-order chi connectivity index (χ1) is 15.6. The number of hydrogen-bond acceptors (Lipinski definition) is 6. The van der Waals surface area contributed by atoms with Gasteiger partial charge in [-0.3, -0.25) is 9.78 Å². The molecule has 0 aliphatic carbocycles. The van der Waals surface area contributed by atoms with Gasteiger partial charge in [0, 0.05) is 30.3 Å². The van der Waals surface area contributed by atoms with Crippen molar-refractivity contribution in [3.8, 4) is 17.2 Å². The van der Waals surface area contributed by atoms with Gasteiger partial charge in [0.15, 0.2) is 17.4 Å². The molecule has 33 heavy (non-hydrogen) atoms. The molecular formula is C21H19ClF2N4O5. The lowest BCUT2D eigenvalue weighted by Crippen LogP contribution is -2.34. The van der Waals surface area contributed by atoms with Crippen LogP contribution in [0.2, 0.25) is 5.02 Å². The van der Waals surface area contributed by atoms with Crippen LogP contribution in [-0.4, -0.2) is 41.8 Å². The Morgan fingerprint density at radius 2 is 2.00 bits per heavy atom. The molecule has 1 aromatic heterocycles. The summed E-state index contributed by atoms with van der Waals surface area (Å²) >= 11 is 5.96. The number of benzene rings is 2. The summed E-state index contributed by atoms with van der Waals surface area (Å²) in [6.07, 6.45) is 0.515. The number of fused-ring (bicyclic) bond motifs is 1. The van der Waals surface area contributed by atoms with Crippen LogP contribution < -0.4 is 25.8 Å². The number of halogens is 3. The quantitative estimate of drug-likeness (QED) is 0.382. The molecule has 0 aliphatic rings. The summed E-state index contributed by atoms with van der Waals surface area (Å²) in [7, 11) is 1.35. The third-order valence-corrected chi connectivity index (χ3v) is 4.79. The van der Waals surface area contributed by atoms with E-state index in [4.69, 9.17) is 26.8 Å². The number of hydrogen-bond donors (Lipinski definition) is 4. The number of nitrogens with two attached hydrogens (primary N) is 1. The Kier molecular flexibility index (Phi) is 7.14. The van der Waals surface area contributed by atoms with Gasteiger partial charge < -0.3 is 30.9 Å². The summed E-state index contributed by atoms with van der Waals surface area (Å²) in [6, 6.07) is 4.06. The van der Waals surface area contributed by atoms with Crippen LogP contribution in [0.1, 0.15) is 17.3 Å². The van der Waals surface area contributed by atoms with Crippen molar-refractivity contribution in [2.45, 2.75) is 13.0 Å². The minimum Gasteiger partial charge on any atom is -0.496 e. The highest BCUT2D eigenvalue weighted by Gasteiger charge is 2.22. The molecule has 1 atom stereocenters. The number of rotatable bonds is 7. The molecule has 12 heteroatoms. The zero-order valence-electron chi connectivity index (χ0n) is 17.4. The molecule has 0 saturated carbocycles. The van der Waals surface area contributed by atoms with Gasteiger partial charge in [0.2, 0.25) is 0 Å². The van der Waals surface area contributed by atoms with E-state index in [9.17, 15) is 23.5 Å².